The maximum absolute atomic E-state index is 2.32. The third kappa shape index (κ3) is 9.72. The fraction of sp³-hybridized carbons (Fsp3) is 0.500. The molecule has 0 radical (unpaired) electrons. The van der Waals surface area contributed by atoms with Crippen molar-refractivity contribution in [1.29, 1.82) is 0 Å². The van der Waals surface area contributed by atoms with Crippen molar-refractivity contribution in [2.24, 2.45) is 0 Å². The van der Waals surface area contributed by atoms with Crippen molar-refractivity contribution >= 4 is 0 Å². The van der Waals surface area contributed by atoms with E-state index in [2.05, 4.69) is 32.0 Å². The van der Waals surface area contributed by atoms with Crippen molar-refractivity contribution in [3.63, 3.8) is 0 Å². The molecule has 0 nitrogen and oxygen atoms in total. The molecule has 0 N–H and O–H groups in total. The fourth-order valence-corrected chi connectivity index (χ4v) is 2.43. The fourth-order valence-electron chi connectivity index (χ4n) is 2.43. The van der Waals surface area contributed by atoms with E-state index in [4.69, 9.17) is 0 Å². The minimum absolute atomic E-state index is 0. The molecule has 2 aromatic carbocycles. The second kappa shape index (κ2) is 14.2. The van der Waals surface area contributed by atoms with Crippen LogP contribution in [0.2, 0.25) is 0 Å². The average Bonchev–Trinajstić information content (AvgIpc) is 3.14. The molecular formula is C20H30Fe-6. The van der Waals surface area contributed by atoms with Crippen LogP contribution in [0.1, 0.15) is 63.5 Å². The average molecular weight is 326 g/mol. The van der Waals surface area contributed by atoms with Gasteiger partial charge in [-0.1, -0.05) is 65.2 Å². The Labute approximate surface area is 142 Å². The quantitative estimate of drug-likeness (QED) is 0.304. The van der Waals surface area contributed by atoms with Crippen LogP contribution in [-0.4, -0.2) is 0 Å². The van der Waals surface area contributed by atoms with Gasteiger partial charge in [0, 0.05) is 17.1 Å². The van der Waals surface area contributed by atoms with E-state index in [1.54, 1.807) is 11.1 Å². The van der Waals surface area contributed by atoms with Crippen molar-refractivity contribution in [3.05, 3.63) is 59.7 Å². The van der Waals surface area contributed by atoms with Gasteiger partial charge >= 0.3 is 0 Å². The molecule has 0 aliphatic rings. The molecule has 0 aromatic heterocycles. The topological polar surface area (TPSA) is 0 Å². The second-order valence-corrected chi connectivity index (χ2v) is 5.45. The first-order chi connectivity index (χ1) is 9.88. The molecule has 1 heteroatoms. The SMILES string of the molecule is CCCCCc1ccc[c-]1CCCCC.[Fe].[cH-]1[cH-][cH-][cH-][cH-]1. The molecule has 124 valence electrons. The van der Waals surface area contributed by atoms with Gasteiger partial charge in [0.2, 0.25) is 0 Å². The van der Waals surface area contributed by atoms with Crippen molar-refractivity contribution in [2.75, 3.05) is 0 Å². The van der Waals surface area contributed by atoms with E-state index in [1.165, 1.54) is 51.4 Å². The Bertz CT molecular complexity index is 355. The molecule has 21 heavy (non-hydrogen) atoms. The summed E-state index contributed by atoms with van der Waals surface area (Å²) in [6.45, 7) is 4.54. The first-order valence-corrected chi connectivity index (χ1v) is 8.28. The molecule has 2 rings (SSSR count). The molecule has 0 saturated carbocycles. The molecule has 2 aromatic rings. The van der Waals surface area contributed by atoms with E-state index in [1.807, 2.05) is 30.3 Å². The predicted molar refractivity (Wildman–Crippen MR) is 90.5 cm³/mol. The monoisotopic (exact) mass is 326 g/mol. The van der Waals surface area contributed by atoms with Gasteiger partial charge in [0.25, 0.3) is 0 Å². The summed E-state index contributed by atoms with van der Waals surface area (Å²) in [5, 5.41) is 0. The summed E-state index contributed by atoms with van der Waals surface area (Å²) in [4.78, 5) is 0. The van der Waals surface area contributed by atoms with Crippen molar-refractivity contribution in [2.45, 2.75) is 65.2 Å². The largest absolute Gasteiger partial charge is 0.748 e. The Balaban J connectivity index is 0.000000562. The summed E-state index contributed by atoms with van der Waals surface area (Å²) in [5.41, 5.74) is 3.22. The van der Waals surface area contributed by atoms with Crippen LogP contribution in [-0.2, 0) is 29.9 Å². The zero-order chi connectivity index (χ0) is 14.5. The summed E-state index contributed by atoms with van der Waals surface area (Å²) >= 11 is 0. The molecule has 0 spiro atoms. The minimum Gasteiger partial charge on any atom is -0.748 e. The first-order valence-electron chi connectivity index (χ1n) is 8.28. The normalized spacial score (nSPS) is 9.62. The minimum atomic E-state index is 0. The number of unbranched alkanes of at least 4 members (excludes halogenated alkanes) is 4. The number of hydrogen-bond acceptors (Lipinski definition) is 0. The third-order valence-electron chi connectivity index (χ3n) is 3.66. The predicted octanol–water partition coefficient (Wildman–Crippen LogP) is 6.27. The smallest absolute Gasteiger partial charge is 0 e. The van der Waals surface area contributed by atoms with Crippen molar-refractivity contribution in [3.8, 4) is 0 Å². The van der Waals surface area contributed by atoms with Crippen LogP contribution < -0.4 is 0 Å². The number of hydrogen-bond donors (Lipinski definition) is 0. The van der Waals surface area contributed by atoms with Crippen molar-refractivity contribution in [1.82, 2.24) is 0 Å². The molecule has 0 amide bonds. The van der Waals surface area contributed by atoms with Gasteiger partial charge in [0.15, 0.2) is 0 Å². The second-order valence-electron chi connectivity index (χ2n) is 5.45. The summed E-state index contributed by atoms with van der Waals surface area (Å²) in [6, 6.07) is 16.9. The maximum Gasteiger partial charge on any atom is 0 e. The molecule has 0 atom stereocenters. The van der Waals surface area contributed by atoms with Crippen LogP contribution in [0.15, 0.2) is 48.5 Å². The molecular weight excluding hydrogens is 296 g/mol. The van der Waals surface area contributed by atoms with Crippen LogP contribution >= 0.6 is 0 Å². The first kappa shape index (κ1) is 20.2. The van der Waals surface area contributed by atoms with Crippen LogP contribution in [0.4, 0.5) is 0 Å². The van der Waals surface area contributed by atoms with Gasteiger partial charge in [0.1, 0.15) is 0 Å². The van der Waals surface area contributed by atoms with Gasteiger partial charge in [-0.25, -0.2) is 12.1 Å². The summed E-state index contributed by atoms with van der Waals surface area (Å²) in [6.07, 6.45) is 10.7. The van der Waals surface area contributed by atoms with Crippen LogP contribution in [0, 0.1) is 0 Å². The van der Waals surface area contributed by atoms with Gasteiger partial charge in [-0.05, 0) is 0 Å². The summed E-state index contributed by atoms with van der Waals surface area (Å²) in [5.74, 6) is 0. The van der Waals surface area contributed by atoms with E-state index < -0.39 is 0 Å². The summed E-state index contributed by atoms with van der Waals surface area (Å²) in [7, 11) is 0. The van der Waals surface area contributed by atoms with Crippen molar-refractivity contribution < 1.29 is 17.1 Å². The Morgan fingerprint density at radius 2 is 1.43 bits per heavy atom. The Morgan fingerprint density at radius 3 is 2.00 bits per heavy atom. The van der Waals surface area contributed by atoms with Gasteiger partial charge in [0.05, 0.1) is 0 Å². The van der Waals surface area contributed by atoms with Gasteiger partial charge in [-0.3, -0.25) is 0 Å². The standard InChI is InChI=1S/C15H25.C5H5.Fe/c1-3-5-7-10-14-12-9-13-15(14)11-8-6-4-2;1-2-4-5-3-1;/h9,12-13H,3-8,10-11H2,1-2H3;1-5H;/q-1;-5;. The molecule has 0 unspecified atom stereocenters. The molecule has 0 fully saturated rings. The molecule has 0 saturated heterocycles. The molecule has 0 heterocycles. The molecule has 0 aliphatic carbocycles. The van der Waals surface area contributed by atoms with E-state index in [-0.39, 0.29) is 17.1 Å². The number of aryl methyl sites for hydroxylation is 2. The van der Waals surface area contributed by atoms with Gasteiger partial charge in [-0.2, -0.15) is 17.2 Å². The Kier molecular flexibility index (Phi) is 13.6. The summed E-state index contributed by atoms with van der Waals surface area (Å²) < 4.78 is 0. The Morgan fingerprint density at radius 1 is 0.857 bits per heavy atom. The van der Waals surface area contributed by atoms with E-state index in [0.29, 0.717) is 0 Å². The van der Waals surface area contributed by atoms with E-state index in [0.717, 1.165) is 0 Å². The zero-order valence-electron chi connectivity index (χ0n) is 13.6. The van der Waals surface area contributed by atoms with Gasteiger partial charge < -0.3 is 30.3 Å². The van der Waals surface area contributed by atoms with Crippen LogP contribution in [0.5, 0.6) is 0 Å². The van der Waals surface area contributed by atoms with Crippen LogP contribution in [0.25, 0.3) is 0 Å². The third-order valence-corrected chi connectivity index (χ3v) is 3.66. The maximum atomic E-state index is 2.32. The zero-order valence-corrected chi connectivity index (χ0v) is 14.7. The Hall–Kier alpha value is -0.781. The van der Waals surface area contributed by atoms with E-state index in [9.17, 15) is 0 Å². The molecule has 0 aliphatic heterocycles. The van der Waals surface area contributed by atoms with Crippen LogP contribution in [0.3, 0.4) is 0 Å². The number of rotatable bonds is 8. The molecule has 0 bridgehead atoms. The van der Waals surface area contributed by atoms with E-state index >= 15 is 0 Å². The van der Waals surface area contributed by atoms with Gasteiger partial charge in [-0.15, -0.1) is 0 Å².